The van der Waals surface area contributed by atoms with Gasteiger partial charge in [-0.3, -0.25) is 9.59 Å². The van der Waals surface area contributed by atoms with Crippen molar-refractivity contribution in [2.75, 3.05) is 44.8 Å². The molecule has 2 amide bonds. The molecule has 3 aromatic carbocycles. The van der Waals surface area contributed by atoms with Gasteiger partial charge in [0.1, 0.15) is 11.8 Å². The van der Waals surface area contributed by atoms with E-state index in [4.69, 9.17) is 4.74 Å². The molecule has 1 fully saturated rings. The maximum atomic E-state index is 13.0. The molecular formula is C26H29N3O4. The smallest absolute Gasteiger partial charge is 0.247 e. The Morgan fingerprint density at radius 1 is 0.970 bits per heavy atom. The number of carbonyl (C=O) groups is 2. The van der Waals surface area contributed by atoms with Crippen LogP contribution in [0.4, 0.5) is 5.69 Å². The second-order valence-corrected chi connectivity index (χ2v) is 8.10. The molecule has 0 spiro atoms. The lowest BCUT2D eigenvalue weighted by molar-refractivity contribution is -0.137. The number of aliphatic hydroxyl groups excluding tert-OH is 1. The first kappa shape index (κ1) is 22.6. The number of carbonyl (C=O) groups excluding carboxylic acids is 2. The number of para-hydroxylation sites is 2. The molecule has 1 aliphatic rings. The van der Waals surface area contributed by atoms with Crippen LogP contribution in [0.25, 0.3) is 10.8 Å². The van der Waals surface area contributed by atoms with Crippen molar-refractivity contribution in [2.45, 2.75) is 12.5 Å². The molecule has 1 atom stereocenters. The molecule has 1 saturated heterocycles. The zero-order valence-electron chi connectivity index (χ0n) is 18.7. The summed E-state index contributed by atoms with van der Waals surface area (Å²) in [5.41, 5.74) is 1.88. The highest BCUT2D eigenvalue weighted by atomic mass is 16.5. The minimum Gasteiger partial charge on any atom is -0.495 e. The molecule has 3 aromatic rings. The van der Waals surface area contributed by atoms with Crippen LogP contribution in [0.3, 0.4) is 0 Å². The molecule has 172 valence electrons. The van der Waals surface area contributed by atoms with E-state index in [-0.39, 0.29) is 18.2 Å². The molecule has 1 aliphatic heterocycles. The first-order valence-corrected chi connectivity index (χ1v) is 11.1. The molecule has 4 rings (SSSR count). The van der Waals surface area contributed by atoms with E-state index in [9.17, 15) is 14.7 Å². The third-order valence-electron chi connectivity index (χ3n) is 6.06. The van der Waals surface area contributed by atoms with Crippen LogP contribution in [0.5, 0.6) is 5.75 Å². The Bertz CT molecular complexity index is 1120. The lowest BCUT2D eigenvalue weighted by Gasteiger charge is -2.37. The van der Waals surface area contributed by atoms with Gasteiger partial charge in [0.15, 0.2) is 0 Å². The first-order valence-electron chi connectivity index (χ1n) is 11.1. The van der Waals surface area contributed by atoms with E-state index in [2.05, 4.69) is 10.2 Å². The Labute approximate surface area is 193 Å². The standard InChI is InChI=1S/C26H29N3O4/c1-33-24-12-5-4-11-23(24)28-13-15-29(16-14-28)26(32)22(18-30)27-25(31)17-20-9-6-8-19-7-2-3-10-21(19)20/h2-12,22,30H,13-18H2,1H3,(H,27,31)/t22-/m0/s1. The van der Waals surface area contributed by atoms with Gasteiger partial charge >= 0.3 is 0 Å². The fraction of sp³-hybridized carbons (Fsp3) is 0.308. The van der Waals surface area contributed by atoms with E-state index < -0.39 is 12.6 Å². The number of methoxy groups -OCH3 is 1. The maximum absolute atomic E-state index is 13.0. The Morgan fingerprint density at radius 3 is 2.42 bits per heavy atom. The van der Waals surface area contributed by atoms with Gasteiger partial charge < -0.3 is 25.0 Å². The number of nitrogens with zero attached hydrogens (tertiary/aromatic N) is 2. The summed E-state index contributed by atoms with van der Waals surface area (Å²) < 4.78 is 5.45. The molecule has 0 aliphatic carbocycles. The Kier molecular flexibility index (Phi) is 7.10. The van der Waals surface area contributed by atoms with E-state index in [0.717, 1.165) is 27.8 Å². The van der Waals surface area contributed by atoms with Crippen molar-refractivity contribution in [3.05, 3.63) is 72.3 Å². The quantitative estimate of drug-likeness (QED) is 0.581. The van der Waals surface area contributed by atoms with Crippen LogP contribution in [0.1, 0.15) is 5.56 Å². The summed E-state index contributed by atoms with van der Waals surface area (Å²) in [4.78, 5) is 29.6. The van der Waals surface area contributed by atoms with Gasteiger partial charge in [0.25, 0.3) is 0 Å². The third-order valence-corrected chi connectivity index (χ3v) is 6.06. The van der Waals surface area contributed by atoms with Gasteiger partial charge in [-0.2, -0.15) is 0 Å². The minimum absolute atomic E-state index is 0.146. The molecular weight excluding hydrogens is 418 g/mol. The number of amides is 2. The summed E-state index contributed by atoms with van der Waals surface area (Å²) in [6, 6.07) is 20.6. The van der Waals surface area contributed by atoms with Crippen LogP contribution in [0.15, 0.2) is 66.7 Å². The average Bonchev–Trinajstić information content (AvgIpc) is 2.87. The lowest BCUT2D eigenvalue weighted by atomic mass is 10.0. The van der Waals surface area contributed by atoms with E-state index >= 15 is 0 Å². The molecule has 0 saturated carbocycles. The Morgan fingerprint density at radius 2 is 1.67 bits per heavy atom. The molecule has 33 heavy (non-hydrogen) atoms. The molecule has 0 bridgehead atoms. The predicted molar refractivity (Wildman–Crippen MR) is 128 cm³/mol. The number of fused-ring (bicyclic) bond motifs is 1. The largest absolute Gasteiger partial charge is 0.495 e. The maximum Gasteiger partial charge on any atom is 0.247 e. The Balaban J connectivity index is 1.36. The van der Waals surface area contributed by atoms with Gasteiger partial charge in [0, 0.05) is 26.2 Å². The number of hydrogen-bond donors (Lipinski definition) is 2. The highest BCUT2D eigenvalue weighted by Crippen LogP contribution is 2.28. The average molecular weight is 448 g/mol. The number of anilines is 1. The van der Waals surface area contributed by atoms with E-state index in [0.29, 0.717) is 26.2 Å². The minimum atomic E-state index is -0.953. The number of piperazine rings is 1. The van der Waals surface area contributed by atoms with Gasteiger partial charge in [0.2, 0.25) is 11.8 Å². The van der Waals surface area contributed by atoms with Crippen molar-refractivity contribution in [2.24, 2.45) is 0 Å². The molecule has 0 unspecified atom stereocenters. The van der Waals surface area contributed by atoms with Gasteiger partial charge in [0.05, 0.1) is 25.8 Å². The summed E-state index contributed by atoms with van der Waals surface area (Å²) >= 11 is 0. The SMILES string of the molecule is COc1ccccc1N1CCN(C(=O)[C@H](CO)NC(=O)Cc2cccc3ccccc23)CC1. The van der Waals surface area contributed by atoms with Crippen molar-refractivity contribution in [3.8, 4) is 5.75 Å². The number of benzene rings is 3. The molecule has 7 heteroatoms. The Hall–Kier alpha value is -3.58. The zero-order valence-corrected chi connectivity index (χ0v) is 18.7. The summed E-state index contributed by atoms with van der Waals surface area (Å²) in [5, 5.41) is 14.6. The molecule has 0 aromatic heterocycles. The van der Waals surface area contributed by atoms with Crippen LogP contribution < -0.4 is 15.0 Å². The van der Waals surface area contributed by atoms with Crippen LogP contribution in [0, 0.1) is 0 Å². The van der Waals surface area contributed by atoms with E-state index in [1.807, 2.05) is 66.7 Å². The predicted octanol–water partition coefficient (Wildman–Crippen LogP) is 2.22. The van der Waals surface area contributed by atoms with Crippen molar-refractivity contribution in [1.29, 1.82) is 0 Å². The normalized spacial score (nSPS) is 14.7. The number of hydrogen-bond acceptors (Lipinski definition) is 5. The monoisotopic (exact) mass is 447 g/mol. The van der Waals surface area contributed by atoms with Crippen LogP contribution in [0.2, 0.25) is 0 Å². The zero-order chi connectivity index (χ0) is 23.2. The van der Waals surface area contributed by atoms with Gasteiger partial charge in [-0.25, -0.2) is 0 Å². The summed E-state index contributed by atoms with van der Waals surface area (Å²) in [6.07, 6.45) is 0.146. The second kappa shape index (κ2) is 10.4. The molecule has 1 heterocycles. The van der Waals surface area contributed by atoms with Crippen molar-refractivity contribution >= 4 is 28.3 Å². The van der Waals surface area contributed by atoms with Crippen LogP contribution >= 0.6 is 0 Å². The van der Waals surface area contributed by atoms with E-state index in [1.165, 1.54) is 0 Å². The molecule has 2 N–H and O–H groups in total. The summed E-state index contributed by atoms with van der Waals surface area (Å²) in [6.45, 7) is 1.87. The number of rotatable bonds is 7. The van der Waals surface area contributed by atoms with Crippen molar-refractivity contribution < 1.29 is 19.4 Å². The fourth-order valence-corrected chi connectivity index (χ4v) is 4.33. The molecule has 7 nitrogen and oxygen atoms in total. The number of ether oxygens (including phenoxy) is 1. The topological polar surface area (TPSA) is 82.1 Å². The second-order valence-electron chi connectivity index (χ2n) is 8.10. The van der Waals surface area contributed by atoms with Crippen LogP contribution in [-0.2, 0) is 16.0 Å². The lowest BCUT2D eigenvalue weighted by Crippen LogP contribution is -2.56. The first-order chi connectivity index (χ1) is 16.1. The molecule has 0 radical (unpaired) electrons. The number of aliphatic hydroxyl groups is 1. The van der Waals surface area contributed by atoms with Gasteiger partial charge in [-0.1, -0.05) is 54.6 Å². The summed E-state index contributed by atoms with van der Waals surface area (Å²) in [7, 11) is 1.64. The van der Waals surface area contributed by atoms with Crippen molar-refractivity contribution in [1.82, 2.24) is 10.2 Å². The number of nitrogens with one attached hydrogen (secondary N) is 1. The summed E-state index contributed by atoms with van der Waals surface area (Å²) in [5.74, 6) is 0.251. The third kappa shape index (κ3) is 5.09. The fourth-order valence-electron chi connectivity index (χ4n) is 4.33. The highest BCUT2D eigenvalue weighted by Gasteiger charge is 2.29. The van der Waals surface area contributed by atoms with Crippen LogP contribution in [-0.4, -0.2) is 67.8 Å². The van der Waals surface area contributed by atoms with Gasteiger partial charge in [-0.15, -0.1) is 0 Å². The van der Waals surface area contributed by atoms with Gasteiger partial charge in [-0.05, 0) is 28.5 Å². The van der Waals surface area contributed by atoms with Crippen molar-refractivity contribution in [3.63, 3.8) is 0 Å². The highest BCUT2D eigenvalue weighted by molar-refractivity contribution is 5.92. The van der Waals surface area contributed by atoms with E-state index in [1.54, 1.807) is 12.0 Å².